The van der Waals surface area contributed by atoms with Gasteiger partial charge in [0.25, 0.3) is 0 Å². The van der Waals surface area contributed by atoms with Gasteiger partial charge >= 0.3 is 0 Å². The van der Waals surface area contributed by atoms with Gasteiger partial charge in [-0.25, -0.2) is 0 Å². The van der Waals surface area contributed by atoms with E-state index >= 15 is 0 Å². The van der Waals surface area contributed by atoms with Gasteiger partial charge in [-0.15, -0.1) is 11.8 Å². The molecule has 2 atom stereocenters. The molecule has 2 rings (SSSR count). The predicted octanol–water partition coefficient (Wildman–Crippen LogP) is 4.22. The maximum Gasteiger partial charge on any atom is 0.0669 e. The molecule has 1 heterocycles. The Hall–Kier alpha value is -0.0300. The largest absolute Gasteiger partial charge is 0.377 e. The van der Waals surface area contributed by atoms with Crippen LogP contribution in [0.4, 0.5) is 0 Å². The number of benzene rings is 1. The maximum absolute atomic E-state index is 5.66. The number of hydrogen-bond donors (Lipinski definition) is 1. The fourth-order valence-electron chi connectivity index (χ4n) is 2.13. The van der Waals surface area contributed by atoms with E-state index in [1.807, 2.05) is 11.8 Å². The molecule has 0 radical (unpaired) electrons. The van der Waals surface area contributed by atoms with Crippen LogP contribution in [-0.2, 0) is 11.3 Å². The Bertz CT molecular complexity index is 425. The summed E-state index contributed by atoms with van der Waals surface area (Å²) >= 11 is 5.53. The molecule has 106 valence electrons. The monoisotopic (exact) mass is 343 g/mol. The Morgan fingerprint density at radius 3 is 2.89 bits per heavy atom. The van der Waals surface area contributed by atoms with Gasteiger partial charge in [-0.1, -0.05) is 35.8 Å². The molecule has 1 aliphatic rings. The Morgan fingerprint density at radius 2 is 2.26 bits per heavy atom. The van der Waals surface area contributed by atoms with Crippen molar-refractivity contribution in [2.24, 2.45) is 0 Å². The zero-order valence-electron chi connectivity index (χ0n) is 11.8. The summed E-state index contributed by atoms with van der Waals surface area (Å²) in [6, 6.07) is 7.07. The lowest BCUT2D eigenvalue weighted by atomic mass is 10.2. The second kappa shape index (κ2) is 7.11. The summed E-state index contributed by atoms with van der Waals surface area (Å²) < 4.78 is 6.81. The van der Waals surface area contributed by atoms with Crippen LogP contribution < -0.4 is 5.32 Å². The van der Waals surface area contributed by atoms with Gasteiger partial charge in [0.2, 0.25) is 0 Å². The molecular weight excluding hydrogens is 322 g/mol. The lowest BCUT2D eigenvalue weighted by Gasteiger charge is -2.17. The molecule has 1 aromatic carbocycles. The number of thioether (sulfide) groups is 1. The van der Waals surface area contributed by atoms with Crippen LogP contribution in [0.25, 0.3) is 0 Å². The van der Waals surface area contributed by atoms with Gasteiger partial charge in [0.15, 0.2) is 0 Å². The van der Waals surface area contributed by atoms with E-state index in [2.05, 4.69) is 60.2 Å². The van der Waals surface area contributed by atoms with Crippen molar-refractivity contribution >= 4 is 27.7 Å². The Balaban J connectivity index is 2.10. The van der Waals surface area contributed by atoms with Crippen LogP contribution in [0, 0.1) is 0 Å². The van der Waals surface area contributed by atoms with Crippen molar-refractivity contribution in [1.82, 2.24) is 5.32 Å². The Labute approximate surface area is 128 Å². The van der Waals surface area contributed by atoms with Crippen LogP contribution in [0.3, 0.4) is 0 Å². The first-order valence-electron chi connectivity index (χ1n) is 6.86. The van der Waals surface area contributed by atoms with Gasteiger partial charge in [0.1, 0.15) is 0 Å². The Kier molecular flexibility index (Phi) is 5.75. The first kappa shape index (κ1) is 15.4. The molecule has 0 aliphatic carbocycles. The van der Waals surface area contributed by atoms with Crippen molar-refractivity contribution in [1.29, 1.82) is 0 Å². The molecule has 0 amide bonds. The van der Waals surface area contributed by atoms with Crippen LogP contribution in [0.1, 0.15) is 32.8 Å². The fraction of sp³-hybridized carbons (Fsp3) is 0.600. The number of hydrogen-bond acceptors (Lipinski definition) is 3. The second-order valence-electron chi connectivity index (χ2n) is 5.31. The third-order valence-corrected chi connectivity index (χ3v) is 5.36. The quantitative estimate of drug-likeness (QED) is 0.864. The zero-order valence-corrected chi connectivity index (χ0v) is 14.2. The summed E-state index contributed by atoms with van der Waals surface area (Å²) in [5, 5.41) is 4.07. The molecule has 1 saturated heterocycles. The summed E-state index contributed by atoms with van der Waals surface area (Å²) in [6.07, 6.45) is 1.50. The normalized spacial score (nSPS) is 23.2. The van der Waals surface area contributed by atoms with E-state index in [4.69, 9.17) is 4.74 Å². The molecule has 2 nitrogen and oxygen atoms in total. The minimum Gasteiger partial charge on any atom is -0.377 e. The molecule has 1 fully saturated rings. The third-order valence-electron chi connectivity index (χ3n) is 3.31. The van der Waals surface area contributed by atoms with E-state index in [1.165, 1.54) is 10.5 Å². The summed E-state index contributed by atoms with van der Waals surface area (Å²) in [5.41, 5.74) is 1.38. The van der Waals surface area contributed by atoms with Gasteiger partial charge in [0.05, 0.1) is 6.10 Å². The molecule has 2 unspecified atom stereocenters. The SMILES string of the molecule is CC(C)NCc1ccc(Br)cc1SC1CCOC1C. The number of nitrogens with one attached hydrogen (secondary N) is 1. The van der Waals surface area contributed by atoms with Gasteiger partial charge in [0, 0.05) is 33.8 Å². The van der Waals surface area contributed by atoms with E-state index in [0.717, 1.165) is 24.0 Å². The Morgan fingerprint density at radius 1 is 1.47 bits per heavy atom. The van der Waals surface area contributed by atoms with Gasteiger partial charge in [-0.3, -0.25) is 0 Å². The van der Waals surface area contributed by atoms with Crippen LogP contribution in [0.2, 0.25) is 0 Å². The number of halogens is 1. The smallest absolute Gasteiger partial charge is 0.0669 e. The molecular formula is C15H22BrNOS. The summed E-state index contributed by atoms with van der Waals surface area (Å²) in [6.45, 7) is 8.35. The maximum atomic E-state index is 5.66. The minimum absolute atomic E-state index is 0.356. The highest BCUT2D eigenvalue weighted by molar-refractivity contribution is 9.10. The lowest BCUT2D eigenvalue weighted by molar-refractivity contribution is 0.127. The van der Waals surface area contributed by atoms with Crippen LogP contribution in [0.5, 0.6) is 0 Å². The van der Waals surface area contributed by atoms with E-state index in [0.29, 0.717) is 17.4 Å². The molecule has 0 saturated carbocycles. The van der Waals surface area contributed by atoms with Gasteiger partial charge < -0.3 is 10.1 Å². The van der Waals surface area contributed by atoms with Crippen molar-refractivity contribution in [3.8, 4) is 0 Å². The van der Waals surface area contributed by atoms with Crippen molar-refractivity contribution in [2.75, 3.05) is 6.61 Å². The molecule has 0 bridgehead atoms. The predicted molar refractivity (Wildman–Crippen MR) is 85.8 cm³/mol. The molecule has 19 heavy (non-hydrogen) atoms. The van der Waals surface area contributed by atoms with Gasteiger partial charge in [-0.2, -0.15) is 0 Å². The van der Waals surface area contributed by atoms with Crippen molar-refractivity contribution in [2.45, 2.75) is 56.0 Å². The average Bonchev–Trinajstić information content (AvgIpc) is 2.74. The van der Waals surface area contributed by atoms with E-state index in [9.17, 15) is 0 Å². The highest BCUT2D eigenvalue weighted by atomic mass is 79.9. The molecule has 1 N–H and O–H groups in total. The number of ether oxygens (including phenoxy) is 1. The highest BCUT2D eigenvalue weighted by Crippen LogP contribution is 2.35. The van der Waals surface area contributed by atoms with E-state index < -0.39 is 0 Å². The van der Waals surface area contributed by atoms with E-state index in [1.54, 1.807) is 0 Å². The first-order chi connectivity index (χ1) is 9.06. The fourth-order valence-corrected chi connectivity index (χ4v) is 3.94. The first-order valence-corrected chi connectivity index (χ1v) is 8.53. The van der Waals surface area contributed by atoms with Crippen molar-refractivity contribution in [3.63, 3.8) is 0 Å². The van der Waals surface area contributed by atoms with Crippen LogP contribution >= 0.6 is 27.7 Å². The van der Waals surface area contributed by atoms with Gasteiger partial charge in [-0.05, 0) is 31.0 Å². The third kappa shape index (κ3) is 4.48. The zero-order chi connectivity index (χ0) is 13.8. The van der Waals surface area contributed by atoms with Crippen LogP contribution in [-0.4, -0.2) is 24.0 Å². The highest BCUT2D eigenvalue weighted by Gasteiger charge is 2.25. The summed E-state index contributed by atoms with van der Waals surface area (Å²) in [5.74, 6) is 0. The summed E-state index contributed by atoms with van der Waals surface area (Å²) in [4.78, 5) is 1.37. The standard InChI is InChI=1S/C15H22BrNOS/c1-10(2)17-9-12-4-5-13(16)8-15(12)19-14-6-7-18-11(14)3/h4-5,8,10-11,14,17H,6-7,9H2,1-3H3. The molecule has 0 spiro atoms. The molecule has 4 heteroatoms. The molecule has 1 aromatic rings. The minimum atomic E-state index is 0.356. The topological polar surface area (TPSA) is 21.3 Å². The van der Waals surface area contributed by atoms with E-state index in [-0.39, 0.29) is 0 Å². The number of rotatable bonds is 5. The molecule has 1 aliphatic heterocycles. The molecule has 0 aromatic heterocycles. The second-order valence-corrected chi connectivity index (χ2v) is 7.51. The summed E-state index contributed by atoms with van der Waals surface area (Å²) in [7, 11) is 0. The van der Waals surface area contributed by atoms with Crippen LogP contribution in [0.15, 0.2) is 27.6 Å². The lowest BCUT2D eigenvalue weighted by Crippen LogP contribution is -2.22. The van der Waals surface area contributed by atoms with Crippen molar-refractivity contribution in [3.05, 3.63) is 28.2 Å². The average molecular weight is 344 g/mol. The van der Waals surface area contributed by atoms with Crippen molar-refractivity contribution < 1.29 is 4.74 Å².